The molecule has 4 aliphatic rings. The number of hydrogen-bond donors (Lipinski definition) is 1. The molecule has 1 N–H and O–H groups in total. The predicted octanol–water partition coefficient (Wildman–Crippen LogP) is 4.47. The number of benzene rings is 1. The van der Waals surface area contributed by atoms with Crippen molar-refractivity contribution in [3.8, 4) is 5.75 Å². The topological polar surface area (TPSA) is 41.6 Å². The smallest absolute Gasteiger partial charge is 0.261 e. The number of halogens is 1. The fourth-order valence-corrected chi connectivity index (χ4v) is 6.05. The largest absolute Gasteiger partial charge is 0.490 e. The summed E-state index contributed by atoms with van der Waals surface area (Å²) < 4.78 is 7.00. The number of ether oxygens (including phenoxy) is 1. The van der Waals surface area contributed by atoms with E-state index in [2.05, 4.69) is 16.3 Å². The van der Waals surface area contributed by atoms with Crippen LogP contribution in [0.25, 0.3) is 10.1 Å². The van der Waals surface area contributed by atoms with Gasteiger partial charge < -0.3 is 10.1 Å². The third-order valence-corrected chi connectivity index (χ3v) is 7.53. The summed E-state index contributed by atoms with van der Waals surface area (Å²) in [5.41, 5.74) is 0.277. The molecule has 6 rings (SSSR count). The van der Waals surface area contributed by atoms with E-state index in [1.807, 2.05) is 32.0 Å². The first-order valence-corrected chi connectivity index (χ1v) is 10.6. The average molecular weight is 407 g/mol. The third kappa shape index (κ3) is 3.14. The van der Waals surface area contributed by atoms with E-state index in [0.717, 1.165) is 20.7 Å². The van der Waals surface area contributed by atoms with Gasteiger partial charge >= 0.3 is 0 Å². The van der Waals surface area contributed by atoms with Crippen molar-refractivity contribution < 1.29 is 9.53 Å². The van der Waals surface area contributed by atoms with Gasteiger partial charge in [-0.25, -0.2) is 0 Å². The van der Waals surface area contributed by atoms with Gasteiger partial charge in [0.2, 0.25) is 0 Å². The number of rotatable bonds is 4. The molecule has 1 atom stereocenters. The summed E-state index contributed by atoms with van der Waals surface area (Å²) in [6.07, 6.45) is 5.07. The van der Waals surface area contributed by atoms with Crippen molar-refractivity contribution in [1.82, 2.24) is 10.2 Å². The maximum absolute atomic E-state index is 13.0. The summed E-state index contributed by atoms with van der Waals surface area (Å²) in [5.74, 6) is 1.62. The highest BCUT2D eigenvalue weighted by molar-refractivity contribution is 7.21. The first-order chi connectivity index (χ1) is 12.6. The number of hydrogen-bond acceptors (Lipinski definition) is 4. The Hall–Kier alpha value is -1.30. The van der Waals surface area contributed by atoms with E-state index in [-0.39, 0.29) is 30.0 Å². The molecular weight excluding hydrogens is 380 g/mol. The van der Waals surface area contributed by atoms with E-state index in [4.69, 9.17) is 4.74 Å². The Bertz CT molecular complexity index is 853. The molecule has 3 aliphatic heterocycles. The highest BCUT2D eigenvalue weighted by atomic mass is 35.5. The molecular formula is C21H27ClN2O2S. The van der Waals surface area contributed by atoms with E-state index in [9.17, 15) is 4.79 Å². The number of amides is 1. The van der Waals surface area contributed by atoms with Gasteiger partial charge in [0.25, 0.3) is 5.91 Å². The lowest BCUT2D eigenvalue weighted by Crippen LogP contribution is -2.65. The van der Waals surface area contributed by atoms with Gasteiger partial charge in [-0.2, -0.15) is 0 Å². The van der Waals surface area contributed by atoms with Crippen LogP contribution in [0.3, 0.4) is 0 Å². The number of nitrogens with zero attached hydrogens (tertiary/aromatic N) is 1. The minimum atomic E-state index is 0. The normalized spacial score (nSPS) is 27.6. The molecule has 0 radical (unpaired) electrons. The zero-order valence-electron chi connectivity index (χ0n) is 15.9. The van der Waals surface area contributed by atoms with E-state index >= 15 is 0 Å². The first kappa shape index (κ1) is 19.0. The van der Waals surface area contributed by atoms with E-state index in [1.165, 1.54) is 38.8 Å². The van der Waals surface area contributed by atoms with Gasteiger partial charge in [-0.15, -0.1) is 23.7 Å². The Morgan fingerprint density at radius 3 is 2.70 bits per heavy atom. The Morgan fingerprint density at radius 2 is 2.04 bits per heavy atom. The Balaban J connectivity index is 0.00000180. The molecule has 1 amide bonds. The molecule has 0 unspecified atom stereocenters. The number of piperidine rings is 3. The molecule has 6 heteroatoms. The van der Waals surface area contributed by atoms with Crippen molar-refractivity contribution in [2.24, 2.45) is 5.92 Å². The first-order valence-electron chi connectivity index (χ1n) is 9.82. The van der Waals surface area contributed by atoms with Crippen LogP contribution in [-0.4, -0.2) is 41.6 Å². The second-order valence-electron chi connectivity index (χ2n) is 8.33. The zero-order valence-corrected chi connectivity index (χ0v) is 17.5. The number of thiophene rings is 1. The van der Waals surface area contributed by atoms with Crippen LogP contribution < -0.4 is 10.1 Å². The monoisotopic (exact) mass is 406 g/mol. The van der Waals surface area contributed by atoms with Gasteiger partial charge in [0.1, 0.15) is 5.75 Å². The minimum absolute atomic E-state index is 0. The predicted molar refractivity (Wildman–Crippen MR) is 112 cm³/mol. The molecule has 1 aliphatic carbocycles. The molecule has 4 heterocycles. The summed E-state index contributed by atoms with van der Waals surface area (Å²) in [4.78, 5) is 16.5. The maximum atomic E-state index is 13.0. The minimum Gasteiger partial charge on any atom is -0.490 e. The van der Waals surface area contributed by atoms with Gasteiger partial charge in [-0.05, 0) is 76.1 Å². The molecule has 1 aromatic carbocycles. The van der Waals surface area contributed by atoms with E-state index in [1.54, 1.807) is 11.3 Å². The van der Waals surface area contributed by atoms with Crippen LogP contribution in [0.15, 0.2) is 24.3 Å². The Labute approximate surface area is 170 Å². The molecule has 4 fully saturated rings. The Kier molecular flexibility index (Phi) is 4.90. The van der Waals surface area contributed by atoms with E-state index < -0.39 is 0 Å². The maximum Gasteiger partial charge on any atom is 0.261 e. The number of carbonyl (C=O) groups excluding carboxylic acids is 1. The van der Waals surface area contributed by atoms with E-state index in [0.29, 0.717) is 12.0 Å². The van der Waals surface area contributed by atoms with Gasteiger partial charge in [0.05, 0.1) is 21.7 Å². The lowest BCUT2D eigenvalue weighted by molar-refractivity contribution is -0.00138. The molecule has 2 bridgehead atoms. The number of nitrogens with one attached hydrogen (secondary N) is 1. The lowest BCUT2D eigenvalue weighted by atomic mass is 9.77. The van der Waals surface area contributed by atoms with Crippen molar-refractivity contribution in [1.29, 1.82) is 0 Å². The lowest BCUT2D eigenvalue weighted by Gasteiger charge is -2.52. The second kappa shape index (κ2) is 6.94. The second-order valence-corrected chi connectivity index (χ2v) is 9.38. The molecule has 1 aromatic heterocycles. The van der Waals surface area contributed by atoms with Crippen LogP contribution in [0.2, 0.25) is 0 Å². The standard InChI is InChI=1S/C21H26N2O2S.ClH/c1-13(2)25-16-5-3-4-15-12-17(26-18(15)16)20(24)22-19-14-6-10-23(11-7-14)21(19)8-9-21;/h3-5,12-14,19H,6-11H2,1-2H3,(H,22,24);1H/t19-;/m1./s1. The summed E-state index contributed by atoms with van der Waals surface area (Å²) in [6, 6.07) is 8.40. The van der Waals surface area contributed by atoms with Crippen molar-refractivity contribution >= 4 is 39.7 Å². The highest BCUT2D eigenvalue weighted by Gasteiger charge is 2.60. The fourth-order valence-electron chi connectivity index (χ4n) is 5.03. The van der Waals surface area contributed by atoms with Crippen molar-refractivity contribution in [3.63, 3.8) is 0 Å². The summed E-state index contributed by atoms with van der Waals surface area (Å²) in [7, 11) is 0. The zero-order chi connectivity index (χ0) is 17.9. The van der Waals surface area contributed by atoms with Crippen LogP contribution >= 0.6 is 23.7 Å². The number of fused-ring (bicyclic) bond motifs is 3. The Morgan fingerprint density at radius 1 is 1.30 bits per heavy atom. The molecule has 1 saturated carbocycles. The summed E-state index contributed by atoms with van der Waals surface area (Å²) in [6.45, 7) is 6.50. The molecule has 146 valence electrons. The fraction of sp³-hybridized carbons (Fsp3) is 0.571. The van der Waals surface area contributed by atoms with Crippen molar-refractivity contribution in [2.75, 3.05) is 13.1 Å². The summed E-state index contributed by atoms with van der Waals surface area (Å²) >= 11 is 1.55. The van der Waals surface area contributed by atoms with Crippen molar-refractivity contribution in [3.05, 3.63) is 29.1 Å². The molecule has 3 saturated heterocycles. The average Bonchev–Trinajstić information content (AvgIpc) is 3.27. The third-order valence-electron chi connectivity index (χ3n) is 6.36. The SMILES string of the molecule is CC(C)Oc1cccc2cc(C(=O)N[C@@H]3C4CCN(CC4)C34CC4)sc12.Cl. The quantitative estimate of drug-likeness (QED) is 0.814. The van der Waals surface area contributed by atoms with Crippen LogP contribution in [0.4, 0.5) is 0 Å². The van der Waals surface area contributed by atoms with Gasteiger partial charge in [-0.3, -0.25) is 9.69 Å². The van der Waals surface area contributed by atoms with Crippen LogP contribution in [0.5, 0.6) is 5.75 Å². The molecule has 27 heavy (non-hydrogen) atoms. The molecule has 2 aromatic rings. The molecule has 4 nitrogen and oxygen atoms in total. The summed E-state index contributed by atoms with van der Waals surface area (Å²) in [5, 5.41) is 4.52. The van der Waals surface area contributed by atoms with Crippen molar-refractivity contribution in [2.45, 2.75) is 57.2 Å². The molecule has 1 spiro atoms. The van der Waals surface area contributed by atoms with Crippen LogP contribution in [0, 0.1) is 5.92 Å². The number of carbonyl (C=O) groups is 1. The van der Waals surface area contributed by atoms with Gasteiger partial charge in [0.15, 0.2) is 0 Å². The highest BCUT2D eigenvalue weighted by Crippen LogP contribution is 2.53. The van der Waals surface area contributed by atoms with Gasteiger partial charge in [-0.1, -0.05) is 12.1 Å². The van der Waals surface area contributed by atoms with Gasteiger partial charge in [0, 0.05) is 5.54 Å². The van der Waals surface area contributed by atoms with Crippen LogP contribution in [0.1, 0.15) is 49.2 Å². The van der Waals surface area contributed by atoms with Crippen LogP contribution in [-0.2, 0) is 0 Å².